The molecule has 1 unspecified atom stereocenters. The minimum Gasteiger partial charge on any atom is -0.493 e. The van der Waals surface area contributed by atoms with Crippen LogP contribution in [0, 0.1) is 6.92 Å². The number of rotatable bonds is 3. The molecule has 104 valence electrons. The smallest absolute Gasteiger partial charge is 0.125 e. The first-order valence-corrected chi connectivity index (χ1v) is 7.41. The van der Waals surface area contributed by atoms with Crippen LogP contribution in [-0.2, 0) is 12.8 Å². The molecule has 2 heterocycles. The standard InChI is InChI=1S/C15H16BrN3O/c1-9-7-19-14(8-18-9)13(17)6-11-5-12(16)4-10-2-3-20-15(10)11/h4-5,7-8,13H,2-3,6,17H2,1H3. The van der Waals surface area contributed by atoms with Crippen LogP contribution < -0.4 is 10.5 Å². The lowest BCUT2D eigenvalue weighted by Crippen LogP contribution is -2.16. The average Bonchev–Trinajstić information content (AvgIpc) is 2.87. The fourth-order valence-corrected chi connectivity index (χ4v) is 2.99. The SMILES string of the molecule is Cc1cnc(C(N)Cc2cc(Br)cc3c2OCC3)cn1. The van der Waals surface area contributed by atoms with Crippen LogP contribution in [0.1, 0.15) is 28.6 Å². The molecular weight excluding hydrogens is 318 g/mol. The molecule has 0 spiro atoms. The highest BCUT2D eigenvalue weighted by molar-refractivity contribution is 9.10. The Morgan fingerprint density at radius 1 is 1.35 bits per heavy atom. The van der Waals surface area contributed by atoms with E-state index in [0.29, 0.717) is 6.42 Å². The Kier molecular flexibility index (Phi) is 3.72. The van der Waals surface area contributed by atoms with E-state index in [1.165, 1.54) is 5.56 Å². The van der Waals surface area contributed by atoms with Crippen LogP contribution in [0.25, 0.3) is 0 Å². The van der Waals surface area contributed by atoms with Crippen LogP contribution in [-0.4, -0.2) is 16.6 Å². The van der Waals surface area contributed by atoms with E-state index in [1.54, 1.807) is 12.4 Å². The summed E-state index contributed by atoms with van der Waals surface area (Å²) in [5.41, 5.74) is 10.3. The van der Waals surface area contributed by atoms with Crippen molar-refractivity contribution in [3.8, 4) is 5.75 Å². The third-order valence-electron chi connectivity index (χ3n) is 3.45. The molecule has 1 aromatic carbocycles. The van der Waals surface area contributed by atoms with E-state index < -0.39 is 0 Å². The van der Waals surface area contributed by atoms with Crippen molar-refractivity contribution in [2.75, 3.05) is 6.61 Å². The van der Waals surface area contributed by atoms with Gasteiger partial charge in [-0.05, 0) is 36.6 Å². The van der Waals surface area contributed by atoms with Gasteiger partial charge >= 0.3 is 0 Å². The Hall–Kier alpha value is -1.46. The van der Waals surface area contributed by atoms with Crippen LogP contribution in [0.5, 0.6) is 5.75 Å². The zero-order valence-electron chi connectivity index (χ0n) is 11.3. The monoisotopic (exact) mass is 333 g/mol. The molecule has 20 heavy (non-hydrogen) atoms. The number of fused-ring (bicyclic) bond motifs is 1. The van der Waals surface area contributed by atoms with E-state index in [2.05, 4.69) is 38.0 Å². The molecule has 0 saturated carbocycles. The molecule has 1 atom stereocenters. The van der Waals surface area contributed by atoms with Gasteiger partial charge in [0, 0.05) is 17.1 Å². The molecule has 3 rings (SSSR count). The van der Waals surface area contributed by atoms with E-state index in [-0.39, 0.29) is 6.04 Å². The predicted molar refractivity (Wildman–Crippen MR) is 80.7 cm³/mol. The number of aromatic nitrogens is 2. The van der Waals surface area contributed by atoms with Crippen LogP contribution in [0.15, 0.2) is 29.0 Å². The Labute approximate surface area is 126 Å². The molecule has 0 aliphatic carbocycles. The molecule has 1 aromatic heterocycles. The van der Waals surface area contributed by atoms with E-state index in [4.69, 9.17) is 10.5 Å². The molecule has 0 saturated heterocycles. The van der Waals surface area contributed by atoms with Crippen LogP contribution in [0.4, 0.5) is 0 Å². The number of ether oxygens (including phenoxy) is 1. The van der Waals surface area contributed by atoms with Gasteiger partial charge in [0.1, 0.15) is 5.75 Å². The van der Waals surface area contributed by atoms with Gasteiger partial charge < -0.3 is 10.5 Å². The summed E-state index contributed by atoms with van der Waals surface area (Å²) < 4.78 is 6.80. The first-order valence-electron chi connectivity index (χ1n) is 6.61. The summed E-state index contributed by atoms with van der Waals surface area (Å²) in [5.74, 6) is 0.990. The lowest BCUT2D eigenvalue weighted by atomic mass is 10.0. The summed E-state index contributed by atoms with van der Waals surface area (Å²) >= 11 is 3.55. The van der Waals surface area contributed by atoms with Gasteiger partial charge in [0.25, 0.3) is 0 Å². The summed E-state index contributed by atoms with van der Waals surface area (Å²) in [5, 5.41) is 0. The average molecular weight is 334 g/mol. The second-order valence-electron chi connectivity index (χ2n) is 5.04. The Bertz CT molecular complexity index is 628. The number of nitrogens with two attached hydrogens (primary N) is 1. The van der Waals surface area contributed by atoms with Crippen molar-refractivity contribution >= 4 is 15.9 Å². The van der Waals surface area contributed by atoms with Gasteiger partial charge in [-0.3, -0.25) is 9.97 Å². The van der Waals surface area contributed by atoms with Gasteiger partial charge in [-0.25, -0.2) is 0 Å². The van der Waals surface area contributed by atoms with Crippen molar-refractivity contribution in [3.05, 3.63) is 51.5 Å². The van der Waals surface area contributed by atoms with Gasteiger partial charge in [-0.2, -0.15) is 0 Å². The number of hydrogen-bond acceptors (Lipinski definition) is 4. The topological polar surface area (TPSA) is 61.0 Å². The van der Waals surface area contributed by atoms with Crippen LogP contribution in [0.3, 0.4) is 0 Å². The quantitative estimate of drug-likeness (QED) is 0.938. The summed E-state index contributed by atoms with van der Waals surface area (Å²) in [6.45, 7) is 2.66. The van der Waals surface area contributed by atoms with Crippen molar-refractivity contribution in [1.82, 2.24) is 9.97 Å². The van der Waals surface area contributed by atoms with Gasteiger partial charge in [0.05, 0.1) is 30.2 Å². The first kappa shape index (κ1) is 13.5. The third-order valence-corrected chi connectivity index (χ3v) is 3.90. The highest BCUT2D eigenvalue weighted by atomic mass is 79.9. The molecule has 4 nitrogen and oxygen atoms in total. The second kappa shape index (κ2) is 5.50. The Morgan fingerprint density at radius 3 is 2.95 bits per heavy atom. The number of nitrogens with zero attached hydrogens (tertiary/aromatic N) is 2. The number of benzene rings is 1. The van der Waals surface area contributed by atoms with E-state index in [1.807, 2.05) is 6.92 Å². The molecule has 0 bridgehead atoms. The largest absolute Gasteiger partial charge is 0.493 e. The third kappa shape index (κ3) is 2.69. The Morgan fingerprint density at radius 2 is 2.20 bits per heavy atom. The zero-order chi connectivity index (χ0) is 14.1. The maximum absolute atomic E-state index is 6.25. The second-order valence-corrected chi connectivity index (χ2v) is 5.96. The van der Waals surface area contributed by atoms with Crippen molar-refractivity contribution in [2.24, 2.45) is 5.73 Å². The van der Waals surface area contributed by atoms with Crippen molar-refractivity contribution in [2.45, 2.75) is 25.8 Å². The van der Waals surface area contributed by atoms with E-state index >= 15 is 0 Å². The fourth-order valence-electron chi connectivity index (χ4n) is 2.43. The van der Waals surface area contributed by atoms with Crippen LogP contribution in [0.2, 0.25) is 0 Å². The molecule has 2 N–H and O–H groups in total. The summed E-state index contributed by atoms with van der Waals surface area (Å²) in [4.78, 5) is 8.60. The number of hydrogen-bond donors (Lipinski definition) is 1. The Balaban J connectivity index is 1.86. The van der Waals surface area contributed by atoms with Crippen molar-refractivity contribution in [3.63, 3.8) is 0 Å². The van der Waals surface area contributed by atoms with E-state index in [9.17, 15) is 0 Å². The molecule has 0 radical (unpaired) electrons. The molecule has 2 aromatic rings. The summed E-state index contributed by atoms with van der Waals surface area (Å²) in [7, 11) is 0. The maximum Gasteiger partial charge on any atom is 0.125 e. The highest BCUT2D eigenvalue weighted by Crippen LogP contribution is 2.34. The fraction of sp³-hybridized carbons (Fsp3) is 0.333. The van der Waals surface area contributed by atoms with Gasteiger partial charge in [0.2, 0.25) is 0 Å². The molecule has 0 amide bonds. The van der Waals surface area contributed by atoms with Crippen LogP contribution >= 0.6 is 15.9 Å². The normalized spacial score (nSPS) is 14.8. The van der Waals surface area contributed by atoms with Gasteiger partial charge in [-0.1, -0.05) is 15.9 Å². The first-order chi connectivity index (χ1) is 9.63. The maximum atomic E-state index is 6.25. The lowest BCUT2D eigenvalue weighted by Gasteiger charge is -2.14. The van der Waals surface area contributed by atoms with Crippen molar-refractivity contribution < 1.29 is 4.74 Å². The number of aryl methyl sites for hydroxylation is 1. The lowest BCUT2D eigenvalue weighted by molar-refractivity contribution is 0.352. The zero-order valence-corrected chi connectivity index (χ0v) is 12.9. The van der Waals surface area contributed by atoms with Crippen molar-refractivity contribution in [1.29, 1.82) is 0 Å². The van der Waals surface area contributed by atoms with E-state index in [0.717, 1.165) is 40.2 Å². The minimum absolute atomic E-state index is 0.175. The summed E-state index contributed by atoms with van der Waals surface area (Å²) in [6.07, 6.45) is 5.15. The minimum atomic E-state index is -0.175. The number of halogens is 1. The van der Waals surface area contributed by atoms with Gasteiger partial charge in [-0.15, -0.1) is 0 Å². The summed E-state index contributed by atoms with van der Waals surface area (Å²) in [6, 6.07) is 4.01. The molecule has 5 heteroatoms. The molecule has 1 aliphatic rings. The molecule has 1 aliphatic heterocycles. The van der Waals surface area contributed by atoms with Gasteiger partial charge in [0.15, 0.2) is 0 Å². The highest BCUT2D eigenvalue weighted by Gasteiger charge is 2.20. The molecular formula is C15H16BrN3O. The predicted octanol–water partition coefficient (Wildman–Crippen LogP) is 2.72. The molecule has 0 fully saturated rings.